The van der Waals surface area contributed by atoms with Crippen LogP contribution in [0.5, 0.6) is 0 Å². The largest absolute Gasteiger partial charge is 1.00 e. The van der Waals surface area contributed by atoms with Crippen LogP contribution in [0.15, 0.2) is 49.6 Å². The summed E-state index contributed by atoms with van der Waals surface area (Å²) < 4.78 is 28.6. The Morgan fingerprint density at radius 2 is 0.828 bits per heavy atom. The Balaban J connectivity index is 0.00000261. The third kappa shape index (κ3) is 5.59. The topological polar surface area (TPSA) is 177 Å². The number of aromatic carboxylic acids is 3. The van der Waals surface area contributed by atoms with E-state index in [1.54, 1.807) is 0 Å². The molecule has 0 saturated carbocycles. The Labute approximate surface area is 228 Å². The maximum atomic E-state index is 13.6. The van der Waals surface area contributed by atoms with E-state index >= 15 is 0 Å². The molecule has 0 aliphatic carbocycles. The minimum atomic E-state index is -4.21. The molecule has 14 heteroatoms. The van der Waals surface area contributed by atoms with Crippen LogP contribution in [0.2, 0.25) is 0 Å². The molecule has 3 heterocycles. The SMILES string of the molecule is O=C([O-])c1ccc(P(=O)(c2ccc(C(=O)[O-])o2)c2ccc(C(=O)[O-])o2)o1.[Na+].[Na+].[Na+]. The fraction of sp³-hybridized carbons (Fsp3) is 0. The second-order valence-corrected chi connectivity index (χ2v) is 7.43. The molecule has 0 saturated heterocycles. The van der Waals surface area contributed by atoms with E-state index in [4.69, 9.17) is 13.3 Å². The summed E-state index contributed by atoms with van der Waals surface area (Å²) >= 11 is 0. The number of carbonyl (C=O) groups excluding carboxylic acids is 3. The summed E-state index contributed by atoms with van der Waals surface area (Å²) in [4.78, 5) is 32.7. The summed E-state index contributed by atoms with van der Waals surface area (Å²) in [6.07, 6.45) is 0. The van der Waals surface area contributed by atoms with Gasteiger partial charge in [0.2, 0.25) is 0 Å². The molecule has 3 aromatic rings. The zero-order chi connectivity index (χ0) is 19.1. The van der Waals surface area contributed by atoms with Crippen molar-refractivity contribution in [3.63, 3.8) is 0 Å². The number of carboxylic acids is 3. The molecule has 0 aliphatic rings. The van der Waals surface area contributed by atoms with E-state index in [9.17, 15) is 34.3 Å². The van der Waals surface area contributed by atoms with Gasteiger partial charge in [-0.1, -0.05) is 0 Å². The zero-order valence-electron chi connectivity index (χ0n) is 15.5. The quantitative estimate of drug-likeness (QED) is 0.261. The number of hydrogen-bond acceptors (Lipinski definition) is 10. The first-order valence-corrected chi connectivity index (χ1v) is 8.49. The number of hydrogen-bond donors (Lipinski definition) is 0. The molecule has 3 aromatic heterocycles. The van der Waals surface area contributed by atoms with Gasteiger partial charge in [-0.3, -0.25) is 4.57 Å². The number of rotatable bonds is 6. The standard InChI is InChI=1S/C15H9O10P.3Na/c16-13(17)7-1-4-10(23-7)26(22,11-5-2-8(24-11)14(18)19)12-6-3-9(25-12)15(20)21;;;/h1-6H,(H,16,17)(H,18,19)(H,20,21);;;/q;3*+1/p-3. The fourth-order valence-corrected chi connectivity index (χ4v) is 4.33. The van der Waals surface area contributed by atoms with Gasteiger partial charge in [0.25, 0.3) is 7.14 Å². The molecule has 10 nitrogen and oxygen atoms in total. The van der Waals surface area contributed by atoms with Crippen molar-refractivity contribution in [2.24, 2.45) is 0 Å². The van der Waals surface area contributed by atoms with Crippen molar-refractivity contribution in [3.8, 4) is 0 Å². The molecule has 0 bridgehead atoms. The molecule has 3 rings (SSSR count). The molecule has 0 N–H and O–H groups in total. The van der Waals surface area contributed by atoms with Crippen LogP contribution in [0.4, 0.5) is 0 Å². The van der Waals surface area contributed by atoms with Gasteiger partial charge in [-0.2, -0.15) is 0 Å². The zero-order valence-corrected chi connectivity index (χ0v) is 22.4. The van der Waals surface area contributed by atoms with E-state index in [1.165, 1.54) is 0 Å². The van der Waals surface area contributed by atoms with Crippen molar-refractivity contribution >= 4 is 41.6 Å². The Morgan fingerprint density at radius 1 is 0.586 bits per heavy atom. The Kier molecular flexibility index (Phi) is 11.0. The van der Waals surface area contributed by atoms with E-state index in [0.717, 1.165) is 36.4 Å². The van der Waals surface area contributed by atoms with Gasteiger partial charge in [-0.25, -0.2) is 0 Å². The van der Waals surface area contributed by atoms with Crippen LogP contribution in [-0.4, -0.2) is 17.9 Å². The van der Waals surface area contributed by atoms with Crippen LogP contribution >= 0.6 is 7.14 Å². The molecule has 0 unspecified atom stereocenters. The third-order valence-corrected chi connectivity index (χ3v) is 5.89. The smallest absolute Gasteiger partial charge is 0.542 e. The van der Waals surface area contributed by atoms with Crippen molar-refractivity contribution < 1.29 is 136 Å². The summed E-state index contributed by atoms with van der Waals surface area (Å²) in [5.41, 5.74) is -1.35. The summed E-state index contributed by atoms with van der Waals surface area (Å²) in [5.74, 6) is -7.02. The van der Waals surface area contributed by atoms with Crippen LogP contribution in [0.1, 0.15) is 31.7 Å². The molecule has 0 spiro atoms. The van der Waals surface area contributed by atoms with Gasteiger partial charge in [0.1, 0.15) is 17.9 Å². The molecule has 0 atom stereocenters. The van der Waals surface area contributed by atoms with Gasteiger partial charge in [0.15, 0.2) is 33.8 Å². The van der Waals surface area contributed by atoms with Gasteiger partial charge in [0, 0.05) is 0 Å². The molecular weight excluding hydrogens is 440 g/mol. The van der Waals surface area contributed by atoms with Crippen LogP contribution in [0, 0.1) is 0 Å². The molecule has 0 radical (unpaired) electrons. The summed E-state index contributed by atoms with van der Waals surface area (Å²) in [6.45, 7) is 0. The van der Waals surface area contributed by atoms with E-state index in [-0.39, 0.29) is 88.7 Å². The number of carboxylic acid groups (broad SMARTS) is 3. The van der Waals surface area contributed by atoms with Crippen LogP contribution < -0.4 is 120 Å². The maximum Gasteiger partial charge on any atom is 1.00 e. The van der Waals surface area contributed by atoms with E-state index in [0.29, 0.717) is 0 Å². The average Bonchev–Trinajstić information content (AvgIpc) is 3.33. The molecule has 29 heavy (non-hydrogen) atoms. The van der Waals surface area contributed by atoms with Crippen molar-refractivity contribution in [2.75, 3.05) is 0 Å². The predicted octanol–water partition coefficient (Wildman–Crippen LogP) is -11.8. The van der Waals surface area contributed by atoms with Crippen molar-refractivity contribution in [3.05, 3.63) is 53.7 Å². The summed E-state index contributed by atoms with van der Waals surface area (Å²) in [7, 11) is -4.21. The van der Waals surface area contributed by atoms with Gasteiger partial charge < -0.3 is 43.0 Å². The van der Waals surface area contributed by atoms with Crippen molar-refractivity contribution in [1.82, 2.24) is 0 Å². The summed E-state index contributed by atoms with van der Waals surface area (Å²) in [5, 5.41) is 32.7. The van der Waals surface area contributed by atoms with Crippen molar-refractivity contribution in [2.45, 2.75) is 0 Å². The number of furan rings is 3. The molecular formula is C15H6Na3O10P. The van der Waals surface area contributed by atoms with Crippen molar-refractivity contribution in [1.29, 1.82) is 0 Å². The van der Waals surface area contributed by atoms with Gasteiger partial charge in [-0.05, 0) is 36.4 Å². The third-order valence-electron chi connectivity index (χ3n) is 3.31. The fourth-order valence-electron chi connectivity index (χ4n) is 2.15. The van der Waals surface area contributed by atoms with Gasteiger partial charge >= 0.3 is 88.7 Å². The second kappa shape index (κ2) is 11.2. The second-order valence-electron chi connectivity index (χ2n) is 4.89. The average molecular weight is 446 g/mol. The van der Waals surface area contributed by atoms with Gasteiger partial charge in [0.05, 0.1) is 0 Å². The van der Waals surface area contributed by atoms with Crippen LogP contribution in [0.25, 0.3) is 0 Å². The minimum Gasteiger partial charge on any atom is -0.542 e. The van der Waals surface area contributed by atoms with E-state index < -0.39 is 58.8 Å². The van der Waals surface area contributed by atoms with E-state index in [1.807, 2.05) is 0 Å². The Morgan fingerprint density at radius 3 is 1.00 bits per heavy atom. The van der Waals surface area contributed by atoms with Crippen LogP contribution in [-0.2, 0) is 4.57 Å². The van der Waals surface area contributed by atoms with Crippen LogP contribution in [0.3, 0.4) is 0 Å². The number of carbonyl (C=O) groups is 3. The van der Waals surface area contributed by atoms with Gasteiger partial charge in [-0.15, -0.1) is 0 Å². The van der Waals surface area contributed by atoms with E-state index in [2.05, 4.69) is 0 Å². The molecule has 0 fully saturated rings. The first-order valence-electron chi connectivity index (χ1n) is 6.78. The Hall–Kier alpha value is -0.520. The maximum absolute atomic E-state index is 13.6. The summed E-state index contributed by atoms with van der Waals surface area (Å²) in [6, 6.07) is 5.99. The Bertz CT molecular complexity index is 946. The minimum absolute atomic E-state index is 0. The molecule has 0 aromatic carbocycles. The first kappa shape index (κ1) is 28.5. The monoisotopic (exact) mass is 446 g/mol. The molecule has 0 aliphatic heterocycles. The predicted molar refractivity (Wildman–Crippen MR) is 75.6 cm³/mol. The molecule has 134 valence electrons. The molecule has 0 amide bonds. The first-order chi connectivity index (χ1) is 12.2. The normalized spacial score (nSPS) is 10.2.